The van der Waals surface area contributed by atoms with Gasteiger partial charge in [-0.25, -0.2) is 0 Å². The highest BCUT2D eigenvalue weighted by Gasteiger charge is 2.08. The molecule has 0 heterocycles. The van der Waals surface area contributed by atoms with Crippen molar-refractivity contribution < 1.29 is 0 Å². The largest absolute Gasteiger partial charge is 0.298 e. The van der Waals surface area contributed by atoms with Gasteiger partial charge in [-0.1, -0.05) is 31.5 Å². The number of hydrogen-bond donors (Lipinski definition) is 0. The van der Waals surface area contributed by atoms with E-state index in [1.54, 1.807) is 0 Å². The van der Waals surface area contributed by atoms with Crippen LogP contribution in [0, 0.1) is 13.8 Å². The summed E-state index contributed by atoms with van der Waals surface area (Å²) in [6, 6.07) is 6.52. The Hall–Kier alpha value is -0.530. The first-order chi connectivity index (χ1) is 8.19. The molecule has 0 radical (unpaired) electrons. The smallest absolute Gasteiger partial charge is 0.0351 e. The minimum Gasteiger partial charge on any atom is -0.298 e. The van der Waals surface area contributed by atoms with Crippen molar-refractivity contribution in [3.8, 4) is 0 Å². The predicted octanol–water partition coefficient (Wildman–Crippen LogP) is 4.14. The molecule has 0 atom stereocenters. The zero-order valence-corrected chi connectivity index (χ0v) is 12.1. The van der Waals surface area contributed by atoms with Crippen LogP contribution in [0.1, 0.15) is 36.5 Å². The van der Waals surface area contributed by atoms with E-state index in [-0.39, 0.29) is 0 Å². The maximum atomic E-state index is 5.88. The zero-order valence-electron chi connectivity index (χ0n) is 11.3. The van der Waals surface area contributed by atoms with Gasteiger partial charge in [-0.3, -0.25) is 4.90 Å². The first-order valence-electron chi connectivity index (χ1n) is 6.52. The van der Waals surface area contributed by atoms with Gasteiger partial charge in [-0.05, 0) is 43.5 Å². The van der Waals surface area contributed by atoms with Gasteiger partial charge in [0.05, 0.1) is 0 Å². The number of alkyl halides is 1. The fourth-order valence-electron chi connectivity index (χ4n) is 2.09. The minimum atomic E-state index is 0.717. The lowest BCUT2D eigenvalue weighted by Gasteiger charge is -2.23. The number of hydrogen-bond acceptors (Lipinski definition) is 1. The third-order valence-electron chi connectivity index (χ3n) is 3.25. The van der Waals surface area contributed by atoms with Crippen LogP contribution >= 0.6 is 11.6 Å². The molecule has 0 saturated heterocycles. The van der Waals surface area contributed by atoms with Crippen LogP contribution in [-0.2, 0) is 6.54 Å². The molecule has 96 valence electrons. The average Bonchev–Trinajstić information content (AvgIpc) is 2.31. The summed E-state index contributed by atoms with van der Waals surface area (Å²) in [4.78, 5) is 2.46. The van der Waals surface area contributed by atoms with Crippen molar-refractivity contribution in [2.45, 2.75) is 40.2 Å². The monoisotopic (exact) mass is 253 g/mol. The molecule has 1 aromatic rings. The van der Waals surface area contributed by atoms with Gasteiger partial charge in [0.1, 0.15) is 0 Å². The number of aryl methyl sites for hydroxylation is 2. The summed E-state index contributed by atoms with van der Waals surface area (Å²) in [7, 11) is 0. The van der Waals surface area contributed by atoms with Crippen molar-refractivity contribution >= 4 is 11.6 Å². The van der Waals surface area contributed by atoms with Gasteiger partial charge in [0.2, 0.25) is 0 Å². The van der Waals surface area contributed by atoms with Crippen LogP contribution in [0.3, 0.4) is 0 Å². The molecule has 0 aliphatic rings. The normalized spacial score (nSPS) is 11.1. The number of nitrogens with zero attached hydrogens (tertiary/aromatic N) is 1. The second-order valence-corrected chi connectivity index (χ2v) is 5.07. The van der Waals surface area contributed by atoms with Gasteiger partial charge in [0.15, 0.2) is 0 Å². The second-order valence-electron chi connectivity index (χ2n) is 4.69. The highest BCUT2D eigenvalue weighted by molar-refractivity contribution is 6.18. The fraction of sp³-hybridized carbons (Fsp3) is 0.600. The molecule has 0 fully saturated rings. The Morgan fingerprint density at radius 1 is 1.12 bits per heavy atom. The third-order valence-corrected chi connectivity index (χ3v) is 3.42. The van der Waals surface area contributed by atoms with Crippen molar-refractivity contribution in [1.29, 1.82) is 0 Å². The topological polar surface area (TPSA) is 3.24 Å². The lowest BCUT2D eigenvalue weighted by atomic mass is 10.0. The van der Waals surface area contributed by atoms with Crippen LogP contribution in [0.5, 0.6) is 0 Å². The van der Waals surface area contributed by atoms with Crippen molar-refractivity contribution in [2.75, 3.05) is 19.0 Å². The Balaban J connectivity index is 2.70. The lowest BCUT2D eigenvalue weighted by molar-refractivity contribution is 0.276. The van der Waals surface area contributed by atoms with Gasteiger partial charge < -0.3 is 0 Å². The van der Waals surface area contributed by atoms with E-state index in [1.165, 1.54) is 29.5 Å². The van der Waals surface area contributed by atoms with Crippen LogP contribution < -0.4 is 0 Å². The molecule has 0 bridgehead atoms. The molecule has 0 aliphatic heterocycles. The summed E-state index contributed by atoms with van der Waals surface area (Å²) >= 11 is 5.88. The zero-order chi connectivity index (χ0) is 12.7. The van der Waals surface area contributed by atoms with Crippen LogP contribution in [0.2, 0.25) is 0 Å². The number of benzene rings is 1. The Morgan fingerprint density at radius 3 is 2.29 bits per heavy atom. The highest BCUT2D eigenvalue weighted by atomic mass is 35.5. The molecule has 0 aliphatic carbocycles. The van der Waals surface area contributed by atoms with Crippen LogP contribution in [0.4, 0.5) is 0 Å². The number of halogens is 1. The molecule has 0 amide bonds. The van der Waals surface area contributed by atoms with E-state index in [0.29, 0.717) is 5.88 Å². The van der Waals surface area contributed by atoms with Gasteiger partial charge in [-0.15, -0.1) is 11.6 Å². The number of unbranched alkanes of at least 4 members (excludes halogenated alkanes) is 1. The van der Waals surface area contributed by atoms with E-state index in [2.05, 4.69) is 43.9 Å². The van der Waals surface area contributed by atoms with E-state index in [0.717, 1.165) is 19.6 Å². The molecule has 0 aromatic heterocycles. The summed E-state index contributed by atoms with van der Waals surface area (Å²) in [6.07, 6.45) is 2.49. The summed E-state index contributed by atoms with van der Waals surface area (Å²) in [5, 5.41) is 0. The minimum absolute atomic E-state index is 0.717. The summed E-state index contributed by atoms with van der Waals surface area (Å²) in [5.41, 5.74) is 4.25. The predicted molar refractivity (Wildman–Crippen MR) is 76.8 cm³/mol. The standard InChI is InChI=1S/C15H24ClN/c1-4-5-10-17(11-9-16)12-15-13(2)7-6-8-14(15)3/h6-8H,4-5,9-12H2,1-3H3. The molecule has 2 heteroatoms. The van der Waals surface area contributed by atoms with Crippen molar-refractivity contribution in [1.82, 2.24) is 4.90 Å². The summed E-state index contributed by atoms with van der Waals surface area (Å²) < 4.78 is 0. The van der Waals surface area contributed by atoms with Gasteiger partial charge in [0, 0.05) is 19.0 Å². The Morgan fingerprint density at radius 2 is 1.76 bits per heavy atom. The van der Waals surface area contributed by atoms with Crippen LogP contribution in [0.15, 0.2) is 18.2 Å². The van der Waals surface area contributed by atoms with Gasteiger partial charge in [-0.2, -0.15) is 0 Å². The average molecular weight is 254 g/mol. The van der Waals surface area contributed by atoms with E-state index < -0.39 is 0 Å². The second kappa shape index (κ2) is 7.73. The van der Waals surface area contributed by atoms with E-state index in [4.69, 9.17) is 11.6 Å². The summed E-state index contributed by atoms with van der Waals surface area (Å²) in [6.45, 7) is 9.79. The van der Waals surface area contributed by atoms with Gasteiger partial charge >= 0.3 is 0 Å². The van der Waals surface area contributed by atoms with Crippen LogP contribution in [-0.4, -0.2) is 23.9 Å². The lowest BCUT2D eigenvalue weighted by Crippen LogP contribution is -2.27. The molecule has 1 aromatic carbocycles. The highest BCUT2D eigenvalue weighted by Crippen LogP contribution is 2.16. The van der Waals surface area contributed by atoms with E-state index in [1.807, 2.05) is 0 Å². The molecular weight excluding hydrogens is 230 g/mol. The molecular formula is C15H24ClN. The Bertz CT molecular complexity index is 315. The summed E-state index contributed by atoms with van der Waals surface area (Å²) in [5.74, 6) is 0.717. The maximum absolute atomic E-state index is 5.88. The maximum Gasteiger partial charge on any atom is 0.0351 e. The Labute approximate surface area is 111 Å². The van der Waals surface area contributed by atoms with Crippen molar-refractivity contribution in [3.05, 3.63) is 34.9 Å². The molecule has 0 saturated carbocycles. The molecule has 1 nitrogen and oxygen atoms in total. The van der Waals surface area contributed by atoms with Gasteiger partial charge in [0.25, 0.3) is 0 Å². The Kier molecular flexibility index (Phi) is 6.61. The molecule has 1 rings (SSSR count). The third kappa shape index (κ3) is 4.69. The van der Waals surface area contributed by atoms with Crippen molar-refractivity contribution in [3.63, 3.8) is 0 Å². The van der Waals surface area contributed by atoms with E-state index in [9.17, 15) is 0 Å². The quantitative estimate of drug-likeness (QED) is 0.660. The van der Waals surface area contributed by atoms with Crippen LogP contribution in [0.25, 0.3) is 0 Å². The fourth-order valence-corrected chi connectivity index (χ4v) is 2.33. The first kappa shape index (κ1) is 14.5. The molecule has 0 unspecified atom stereocenters. The molecule has 17 heavy (non-hydrogen) atoms. The van der Waals surface area contributed by atoms with E-state index >= 15 is 0 Å². The number of rotatable bonds is 7. The molecule has 0 N–H and O–H groups in total. The van der Waals surface area contributed by atoms with Crippen molar-refractivity contribution in [2.24, 2.45) is 0 Å². The molecule has 0 spiro atoms. The first-order valence-corrected chi connectivity index (χ1v) is 7.06. The SMILES string of the molecule is CCCCN(CCCl)Cc1c(C)cccc1C.